The van der Waals surface area contributed by atoms with Gasteiger partial charge in [-0.1, -0.05) is 30.3 Å². The van der Waals surface area contributed by atoms with Crippen molar-refractivity contribution in [3.05, 3.63) is 62.7 Å². The molecule has 0 bridgehead atoms. The van der Waals surface area contributed by atoms with Crippen LogP contribution in [0.1, 0.15) is 29.5 Å². The maximum atomic E-state index is 5.09. The minimum Gasteiger partial charge on any atom is -0.370 e. The van der Waals surface area contributed by atoms with E-state index in [0.717, 1.165) is 18.7 Å². The largest absolute Gasteiger partial charge is 0.370 e. The van der Waals surface area contributed by atoms with Crippen LogP contribution in [0.4, 0.5) is 5.82 Å². The Morgan fingerprint density at radius 1 is 1.08 bits per heavy atom. The Labute approximate surface area is 162 Å². The number of aromatic nitrogens is 2. The molecule has 1 aliphatic heterocycles. The quantitative estimate of drug-likeness (QED) is 0.530. The highest BCUT2D eigenvalue weighted by atomic mass is 127. The first-order chi connectivity index (χ1) is 12.1. The molecule has 3 aromatic rings. The third kappa shape index (κ3) is 3.08. The summed E-state index contributed by atoms with van der Waals surface area (Å²) in [6.45, 7) is 5.31. The van der Waals surface area contributed by atoms with Crippen molar-refractivity contribution in [3.8, 4) is 16.9 Å². The summed E-state index contributed by atoms with van der Waals surface area (Å²) in [6.07, 6.45) is 3.48. The monoisotopic (exact) mass is 443 g/mol. The zero-order valence-electron chi connectivity index (χ0n) is 14.6. The maximum absolute atomic E-state index is 5.09. The van der Waals surface area contributed by atoms with E-state index in [-0.39, 0.29) is 0 Å². The van der Waals surface area contributed by atoms with E-state index in [0.29, 0.717) is 0 Å². The van der Waals surface area contributed by atoms with Crippen LogP contribution < -0.4 is 5.32 Å². The molecule has 0 aliphatic carbocycles. The van der Waals surface area contributed by atoms with Crippen LogP contribution in [0, 0.1) is 17.4 Å². The number of benzene rings is 2. The third-order valence-electron chi connectivity index (χ3n) is 4.85. The van der Waals surface area contributed by atoms with E-state index in [9.17, 15) is 0 Å². The lowest BCUT2D eigenvalue weighted by atomic mass is 10.0. The minimum absolute atomic E-state index is 1.01. The molecular formula is C21H22IN3. The van der Waals surface area contributed by atoms with Crippen molar-refractivity contribution in [1.82, 2.24) is 9.78 Å². The summed E-state index contributed by atoms with van der Waals surface area (Å²) in [5.74, 6) is 1.17. The number of fused-ring (bicyclic) bond motifs is 1. The highest BCUT2D eigenvalue weighted by molar-refractivity contribution is 14.1. The van der Waals surface area contributed by atoms with Gasteiger partial charge in [0.1, 0.15) is 5.82 Å². The van der Waals surface area contributed by atoms with Crippen LogP contribution in [0.3, 0.4) is 0 Å². The first-order valence-corrected chi connectivity index (χ1v) is 9.91. The van der Waals surface area contributed by atoms with Gasteiger partial charge in [-0.15, -0.1) is 0 Å². The molecule has 0 amide bonds. The lowest BCUT2D eigenvalue weighted by Gasteiger charge is -2.12. The van der Waals surface area contributed by atoms with Crippen LogP contribution in [0.25, 0.3) is 16.9 Å². The van der Waals surface area contributed by atoms with Gasteiger partial charge in [0, 0.05) is 21.2 Å². The number of nitrogens with zero attached hydrogens (tertiary/aromatic N) is 2. The van der Waals surface area contributed by atoms with Crippen molar-refractivity contribution < 1.29 is 0 Å². The Morgan fingerprint density at radius 3 is 2.76 bits per heavy atom. The Bertz CT molecular complexity index is 927. The lowest BCUT2D eigenvalue weighted by Crippen LogP contribution is -2.08. The fourth-order valence-corrected chi connectivity index (χ4v) is 4.14. The molecule has 4 rings (SSSR count). The summed E-state index contributed by atoms with van der Waals surface area (Å²) < 4.78 is 3.37. The van der Waals surface area contributed by atoms with Crippen LogP contribution in [0.2, 0.25) is 0 Å². The van der Waals surface area contributed by atoms with Crippen molar-refractivity contribution in [2.75, 3.05) is 11.9 Å². The summed E-state index contributed by atoms with van der Waals surface area (Å²) in [5.41, 5.74) is 7.37. The lowest BCUT2D eigenvalue weighted by molar-refractivity contribution is 0.779. The number of hydrogen-bond acceptors (Lipinski definition) is 2. The Kier molecular flexibility index (Phi) is 4.54. The van der Waals surface area contributed by atoms with Crippen molar-refractivity contribution in [3.63, 3.8) is 0 Å². The number of rotatable bonds is 2. The summed E-state index contributed by atoms with van der Waals surface area (Å²) in [5, 5.41) is 8.73. The summed E-state index contributed by atoms with van der Waals surface area (Å²) in [7, 11) is 0. The molecule has 0 spiro atoms. The summed E-state index contributed by atoms with van der Waals surface area (Å²) in [4.78, 5) is 0. The zero-order valence-corrected chi connectivity index (χ0v) is 16.8. The van der Waals surface area contributed by atoms with Crippen LogP contribution in [0.5, 0.6) is 0 Å². The van der Waals surface area contributed by atoms with Crippen molar-refractivity contribution in [2.45, 2.75) is 33.1 Å². The molecule has 1 aliphatic rings. The first kappa shape index (κ1) is 16.6. The van der Waals surface area contributed by atoms with Gasteiger partial charge in [-0.2, -0.15) is 5.10 Å². The highest BCUT2D eigenvalue weighted by Gasteiger charge is 2.23. The fraction of sp³-hybridized carbons (Fsp3) is 0.286. The van der Waals surface area contributed by atoms with Gasteiger partial charge in [-0.3, -0.25) is 0 Å². The van der Waals surface area contributed by atoms with E-state index < -0.39 is 0 Å². The molecule has 0 saturated heterocycles. The number of hydrogen-bond donors (Lipinski definition) is 1. The van der Waals surface area contributed by atoms with E-state index in [4.69, 9.17) is 5.10 Å². The molecule has 1 aromatic heterocycles. The first-order valence-electron chi connectivity index (χ1n) is 8.83. The molecule has 1 N–H and O–H groups in total. The average molecular weight is 443 g/mol. The molecule has 128 valence electrons. The molecule has 3 nitrogen and oxygen atoms in total. The third-order valence-corrected chi connectivity index (χ3v) is 5.79. The molecule has 4 heteroatoms. The number of anilines is 1. The Balaban J connectivity index is 1.97. The second-order valence-electron chi connectivity index (χ2n) is 6.74. The summed E-state index contributed by atoms with van der Waals surface area (Å²) >= 11 is 2.41. The van der Waals surface area contributed by atoms with Crippen LogP contribution in [-0.2, 0) is 6.42 Å². The Hall–Kier alpha value is -1.82. The van der Waals surface area contributed by atoms with Gasteiger partial charge in [-0.05, 0) is 79.0 Å². The van der Waals surface area contributed by atoms with E-state index >= 15 is 0 Å². The number of halogens is 1. The van der Waals surface area contributed by atoms with Crippen molar-refractivity contribution >= 4 is 28.4 Å². The SMILES string of the molecule is Cc1ccc(C)c(-n2nc(-c3ccccc3I)c3c2NCCCC3)c1. The molecule has 25 heavy (non-hydrogen) atoms. The van der Waals surface area contributed by atoms with Gasteiger partial charge in [0.2, 0.25) is 0 Å². The molecule has 2 aromatic carbocycles. The average Bonchev–Trinajstić information content (AvgIpc) is 2.79. The van der Waals surface area contributed by atoms with E-state index in [2.05, 4.69) is 88.9 Å². The maximum Gasteiger partial charge on any atom is 0.133 e. The normalized spacial score (nSPS) is 13.9. The molecule has 0 saturated carbocycles. The molecule has 0 radical (unpaired) electrons. The van der Waals surface area contributed by atoms with Crippen molar-refractivity contribution in [2.24, 2.45) is 0 Å². The van der Waals surface area contributed by atoms with Gasteiger partial charge in [0.15, 0.2) is 0 Å². The molecule has 0 fully saturated rings. The number of aryl methyl sites for hydroxylation is 2. The van der Waals surface area contributed by atoms with E-state index in [1.165, 1.54) is 50.2 Å². The highest BCUT2D eigenvalue weighted by Crippen LogP contribution is 2.36. The van der Waals surface area contributed by atoms with Gasteiger partial charge < -0.3 is 5.32 Å². The van der Waals surface area contributed by atoms with Crippen LogP contribution in [-0.4, -0.2) is 16.3 Å². The molecular weight excluding hydrogens is 421 g/mol. The molecule has 0 unspecified atom stereocenters. The number of nitrogens with one attached hydrogen (secondary N) is 1. The molecule has 0 atom stereocenters. The van der Waals surface area contributed by atoms with Gasteiger partial charge in [0.05, 0.1) is 11.4 Å². The smallest absolute Gasteiger partial charge is 0.133 e. The standard InChI is InChI=1S/C21H22IN3/c1-14-10-11-15(2)19(13-14)25-21-17(8-5-6-12-23-21)20(24-25)16-7-3-4-9-18(16)22/h3-4,7,9-11,13,23H,5-6,8,12H2,1-2H3. The fourth-order valence-electron chi connectivity index (χ4n) is 3.49. The predicted octanol–water partition coefficient (Wildman–Crippen LogP) is 5.51. The van der Waals surface area contributed by atoms with Crippen LogP contribution >= 0.6 is 22.6 Å². The van der Waals surface area contributed by atoms with Crippen molar-refractivity contribution in [1.29, 1.82) is 0 Å². The van der Waals surface area contributed by atoms with Gasteiger partial charge >= 0.3 is 0 Å². The molecule has 2 heterocycles. The van der Waals surface area contributed by atoms with Gasteiger partial charge in [0.25, 0.3) is 0 Å². The second-order valence-corrected chi connectivity index (χ2v) is 7.90. The van der Waals surface area contributed by atoms with E-state index in [1.54, 1.807) is 0 Å². The topological polar surface area (TPSA) is 29.9 Å². The minimum atomic E-state index is 1.01. The van der Waals surface area contributed by atoms with E-state index in [1.807, 2.05) is 0 Å². The second kappa shape index (κ2) is 6.83. The Morgan fingerprint density at radius 2 is 1.92 bits per heavy atom. The van der Waals surface area contributed by atoms with Crippen LogP contribution in [0.15, 0.2) is 42.5 Å². The summed E-state index contributed by atoms with van der Waals surface area (Å²) in [6, 6.07) is 15.1. The zero-order chi connectivity index (χ0) is 17.4. The van der Waals surface area contributed by atoms with Gasteiger partial charge in [-0.25, -0.2) is 4.68 Å². The predicted molar refractivity (Wildman–Crippen MR) is 113 cm³/mol.